The molecule has 0 aliphatic rings. The number of nitrogens with zero attached hydrogens (tertiary/aromatic N) is 4. The van der Waals surface area contributed by atoms with Crippen LogP contribution >= 0.6 is 38.9 Å². The predicted octanol–water partition coefficient (Wildman–Crippen LogP) is 6.44. The van der Waals surface area contributed by atoms with Gasteiger partial charge < -0.3 is 10.1 Å². The third kappa shape index (κ3) is 5.06. The molecule has 4 rings (SSSR count). The molecule has 10 heteroatoms. The van der Waals surface area contributed by atoms with Gasteiger partial charge in [0.25, 0.3) is 5.91 Å². The smallest absolute Gasteiger partial charge is 0.265 e. The molecule has 1 amide bonds. The van der Waals surface area contributed by atoms with Crippen molar-refractivity contribution in [1.82, 2.24) is 19.6 Å². The van der Waals surface area contributed by atoms with E-state index < -0.39 is 0 Å². The molecule has 0 bridgehead atoms. The maximum atomic E-state index is 12.9. The number of rotatable bonds is 7. The minimum Gasteiger partial charge on any atom is -0.489 e. The molecule has 178 valence electrons. The average molecular weight is 563 g/mol. The van der Waals surface area contributed by atoms with E-state index in [4.69, 9.17) is 16.3 Å². The van der Waals surface area contributed by atoms with Crippen LogP contribution in [0.5, 0.6) is 5.75 Å². The Bertz CT molecular complexity index is 1370. The number of nitrogens with one attached hydrogen (secondary N) is 1. The number of thiophene rings is 1. The van der Waals surface area contributed by atoms with Crippen molar-refractivity contribution in [2.45, 2.75) is 47.9 Å². The summed E-state index contributed by atoms with van der Waals surface area (Å²) in [6.07, 6.45) is 0. The van der Waals surface area contributed by atoms with Gasteiger partial charge in [-0.2, -0.15) is 10.2 Å². The molecule has 1 aromatic carbocycles. The van der Waals surface area contributed by atoms with Crippen molar-refractivity contribution in [3.8, 4) is 5.75 Å². The molecule has 0 spiro atoms. The number of ether oxygens (including phenoxy) is 1. The Kier molecular flexibility index (Phi) is 7.16. The summed E-state index contributed by atoms with van der Waals surface area (Å²) >= 11 is 11.0. The summed E-state index contributed by atoms with van der Waals surface area (Å²) in [5.74, 6) is 0.575. The summed E-state index contributed by atoms with van der Waals surface area (Å²) in [5, 5.41) is 14.8. The van der Waals surface area contributed by atoms with Gasteiger partial charge in [-0.3, -0.25) is 4.79 Å². The Morgan fingerprint density at radius 2 is 1.79 bits per heavy atom. The summed E-state index contributed by atoms with van der Waals surface area (Å²) in [7, 11) is 0. The van der Waals surface area contributed by atoms with Crippen molar-refractivity contribution < 1.29 is 9.53 Å². The number of carbonyl (C=O) groups excluding carboxylic acids is 1. The fourth-order valence-corrected chi connectivity index (χ4v) is 4.77. The minimum atomic E-state index is -0.168. The van der Waals surface area contributed by atoms with E-state index in [0.717, 1.165) is 44.1 Å². The minimum absolute atomic E-state index is 0.168. The highest BCUT2D eigenvalue weighted by Gasteiger charge is 2.18. The number of aromatic nitrogens is 4. The van der Waals surface area contributed by atoms with Gasteiger partial charge in [-0.15, -0.1) is 11.3 Å². The molecule has 1 N–H and O–H groups in total. The van der Waals surface area contributed by atoms with Crippen LogP contribution in [0.1, 0.15) is 43.6 Å². The maximum Gasteiger partial charge on any atom is 0.265 e. The van der Waals surface area contributed by atoms with Crippen molar-refractivity contribution >= 4 is 50.5 Å². The van der Waals surface area contributed by atoms with E-state index in [1.165, 1.54) is 11.3 Å². The lowest BCUT2D eigenvalue weighted by molar-refractivity contribution is 0.103. The van der Waals surface area contributed by atoms with Gasteiger partial charge in [-0.25, -0.2) is 9.36 Å². The largest absolute Gasteiger partial charge is 0.489 e. The van der Waals surface area contributed by atoms with Gasteiger partial charge in [0.05, 0.1) is 37.8 Å². The third-order valence-corrected chi connectivity index (χ3v) is 8.14. The molecular weight excluding hydrogens is 538 g/mol. The normalized spacial score (nSPS) is 11.1. The first kappa shape index (κ1) is 24.5. The van der Waals surface area contributed by atoms with E-state index in [1.807, 2.05) is 73.6 Å². The van der Waals surface area contributed by atoms with Gasteiger partial charge in [-0.05, 0) is 85.8 Å². The van der Waals surface area contributed by atoms with Crippen molar-refractivity contribution in [2.24, 2.45) is 0 Å². The molecule has 3 aromatic heterocycles. The summed E-state index contributed by atoms with van der Waals surface area (Å²) < 4.78 is 10.6. The molecule has 0 aliphatic heterocycles. The van der Waals surface area contributed by atoms with Gasteiger partial charge >= 0.3 is 0 Å². The summed E-state index contributed by atoms with van der Waals surface area (Å²) in [5.41, 5.74) is 6.18. The molecule has 0 radical (unpaired) electrons. The van der Waals surface area contributed by atoms with Gasteiger partial charge in [0.2, 0.25) is 0 Å². The number of aryl methyl sites for hydroxylation is 3. The Labute approximate surface area is 215 Å². The van der Waals surface area contributed by atoms with Gasteiger partial charge in [0, 0.05) is 10.6 Å². The molecule has 0 fully saturated rings. The first-order valence-electron chi connectivity index (χ1n) is 10.6. The lowest BCUT2D eigenvalue weighted by Gasteiger charge is -2.08. The highest BCUT2D eigenvalue weighted by Crippen LogP contribution is 2.26. The second kappa shape index (κ2) is 9.93. The van der Waals surface area contributed by atoms with E-state index in [-0.39, 0.29) is 5.91 Å². The molecular formula is C24H25BrClN5O2S. The SMILES string of the molecule is Cc1cc(OCc2csc(C(=O)Nc3c(C)nn(Cn4nc(C)c(Br)c4C)c3C)c2)ccc1Cl. The highest BCUT2D eigenvalue weighted by molar-refractivity contribution is 9.10. The van der Waals surface area contributed by atoms with E-state index in [0.29, 0.717) is 28.9 Å². The van der Waals surface area contributed by atoms with Gasteiger partial charge in [0.1, 0.15) is 19.0 Å². The van der Waals surface area contributed by atoms with Crippen LogP contribution in [0.2, 0.25) is 5.02 Å². The fourth-order valence-electron chi connectivity index (χ4n) is 3.57. The molecule has 4 aromatic rings. The monoisotopic (exact) mass is 561 g/mol. The van der Waals surface area contributed by atoms with E-state index in [9.17, 15) is 4.79 Å². The second-order valence-corrected chi connectivity index (χ2v) is 10.3. The number of benzene rings is 1. The van der Waals surface area contributed by atoms with Crippen molar-refractivity contribution in [1.29, 1.82) is 0 Å². The van der Waals surface area contributed by atoms with Crippen molar-refractivity contribution in [2.75, 3.05) is 5.32 Å². The highest BCUT2D eigenvalue weighted by atomic mass is 79.9. The molecule has 0 unspecified atom stereocenters. The zero-order valence-corrected chi connectivity index (χ0v) is 22.7. The van der Waals surface area contributed by atoms with E-state index in [1.54, 1.807) is 0 Å². The summed E-state index contributed by atoms with van der Waals surface area (Å²) in [6.45, 7) is 10.6. The first-order valence-corrected chi connectivity index (χ1v) is 12.7. The van der Waals surface area contributed by atoms with Gasteiger partial charge in [-0.1, -0.05) is 11.6 Å². The fraction of sp³-hybridized carbons (Fsp3) is 0.292. The Morgan fingerprint density at radius 3 is 2.47 bits per heavy atom. The standard InChI is InChI=1S/C24H25BrClN5O2S/c1-13-8-19(6-7-20(13)26)33-10-18-9-21(34-11-18)24(32)27-23-15(3)29-31(17(23)5)12-30-16(4)22(25)14(2)28-30/h6-9,11H,10,12H2,1-5H3,(H,27,32). The number of amides is 1. The van der Waals surface area contributed by atoms with E-state index in [2.05, 4.69) is 31.4 Å². The van der Waals surface area contributed by atoms with Crippen LogP contribution in [0.25, 0.3) is 0 Å². The number of hydrogen-bond acceptors (Lipinski definition) is 5. The lowest BCUT2D eigenvalue weighted by Crippen LogP contribution is -2.15. The Morgan fingerprint density at radius 1 is 1.09 bits per heavy atom. The predicted molar refractivity (Wildman–Crippen MR) is 139 cm³/mol. The molecule has 0 saturated heterocycles. The van der Waals surface area contributed by atoms with E-state index >= 15 is 0 Å². The quantitative estimate of drug-likeness (QED) is 0.281. The maximum absolute atomic E-state index is 12.9. The first-order chi connectivity index (χ1) is 16.1. The van der Waals surface area contributed by atoms with Crippen LogP contribution in [0.4, 0.5) is 5.69 Å². The zero-order chi connectivity index (χ0) is 24.6. The average Bonchev–Trinajstić information content (AvgIpc) is 3.45. The summed E-state index contributed by atoms with van der Waals surface area (Å²) in [6, 6.07) is 7.40. The lowest BCUT2D eigenvalue weighted by atomic mass is 10.2. The van der Waals surface area contributed by atoms with Crippen LogP contribution in [0.15, 0.2) is 34.1 Å². The number of carbonyl (C=O) groups is 1. The Balaban J connectivity index is 1.43. The van der Waals surface area contributed by atoms with Crippen LogP contribution in [-0.4, -0.2) is 25.5 Å². The molecule has 3 heterocycles. The van der Waals surface area contributed by atoms with Gasteiger partial charge in [0.15, 0.2) is 0 Å². The van der Waals surface area contributed by atoms with Crippen molar-refractivity contribution in [3.63, 3.8) is 0 Å². The molecule has 7 nitrogen and oxygen atoms in total. The van der Waals surface area contributed by atoms with Crippen molar-refractivity contribution in [3.05, 3.63) is 77.9 Å². The third-order valence-electron chi connectivity index (χ3n) is 5.59. The number of hydrogen-bond donors (Lipinski definition) is 1. The van der Waals surface area contributed by atoms with Crippen LogP contribution < -0.4 is 10.1 Å². The summed E-state index contributed by atoms with van der Waals surface area (Å²) in [4.78, 5) is 13.6. The zero-order valence-electron chi connectivity index (χ0n) is 19.6. The van der Waals surface area contributed by atoms with Crippen LogP contribution in [0, 0.1) is 34.6 Å². The number of anilines is 1. The molecule has 0 aliphatic carbocycles. The number of halogens is 2. The Hall–Kier alpha value is -2.62. The van der Waals surface area contributed by atoms with Crippen LogP contribution in [0.3, 0.4) is 0 Å². The molecule has 0 atom stereocenters. The molecule has 34 heavy (non-hydrogen) atoms. The molecule has 0 saturated carbocycles. The topological polar surface area (TPSA) is 74.0 Å². The second-order valence-electron chi connectivity index (χ2n) is 8.14. The van der Waals surface area contributed by atoms with Crippen LogP contribution in [-0.2, 0) is 13.3 Å².